The zero-order valence-electron chi connectivity index (χ0n) is 26.4. The van der Waals surface area contributed by atoms with Gasteiger partial charge in [-0.1, -0.05) is 121 Å². The summed E-state index contributed by atoms with van der Waals surface area (Å²) in [6.45, 7) is 0. The number of rotatable bonds is 5. The van der Waals surface area contributed by atoms with Crippen LogP contribution in [0.4, 0.5) is 17.1 Å². The molecular formula is C45H28N2OS. The molecule has 49 heavy (non-hydrogen) atoms. The molecule has 0 N–H and O–H groups in total. The van der Waals surface area contributed by atoms with E-state index in [2.05, 4.69) is 169 Å². The Morgan fingerprint density at radius 2 is 1.16 bits per heavy atom. The van der Waals surface area contributed by atoms with Crippen molar-refractivity contribution in [3.8, 4) is 22.3 Å². The van der Waals surface area contributed by atoms with E-state index in [1.807, 2.05) is 17.5 Å². The lowest BCUT2D eigenvalue weighted by Gasteiger charge is -2.25. The van der Waals surface area contributed by atoms with Crippen molar-refractivity contribution < 1.29 is 4.42 Å². The van der Waals surface area contributed by atoms with Crippen LogP contribution >= 0.6 is 11.3 Å². The molecule has 3 nitrogen and oxygen atoms in total. The summed E-state index contributed by atoms with van der Waals surface area (Å²) >= 11 is 1.86. The van der Waals surface area contributed by atoms with Crippen LogP contribution < -0.4 is 4.90 Å². The molecule has 0 atom stereocenters. The molecule has 0 aliphatic carbocycles. The summed E-state index contributed by atoms with van der Waals surface area (Å²) in [5, 5.41) is 5.89. The molecular weight excluding hydrogens is 617 g/mol. The highest BCUT2D eigenvalue weighted by Gasteiger charge is 2.18. The minimum absolute atomic E-state index is 0.766. The maximum atomic E-state index is 6.56. The minimum atomic E-state index is 0.766. The van der Waals surface area contributed by atoms with Crippen LogP contribution in [0.25, 0.3) is 75.3 Å². The molecule has 7 aromatic carbocycles. The van der Waals surface area contributed by atoms with Gasteiger partial charge in [0.15, 0.2) is 5.58 Å². The first kappa shape index (κ1) is 27.8. The summed E-state index contributed by atoms with van der Waals surface area (Å²) in [5.74, 6) is 0. The van der Waals surface area contributed by atoms with Gasteiger partial charge in [-0.05, 0) is 64.0 Å². The average Bonchev–Trinajstić information content (AvgIpc) is 3.74. The van der Waals surface area contributed by atoms with Crippen LogP contribution in [0.2, 0.25) is 0 Å². The van der Waals surface area contributed by atoms with Gasteiger partial charge in [-0.25, -0.2) is 4.98 Å². The fraction of sp³-hybridized carbons (Fsp3) is 0. The van der Waals surface area contributed by atoms with Crippen molar-refractivity contribution in [2.75, 3.05) is 4.90 Å². The number of nitrogens with zero attached hydrogens (tertiary/aromatic N) is 2. The van der Waals surface area contributed by atoms with E-state index in [1.54, 1.807) is 0 Å². The third-order valence-corrected chi connectivity index (χ3v) is 10.7. The number of pyridine rings is 1. The van der Waals surface area contributed by atoms with E-state index in [0.717, 1.165) is 49.9 Å². The average molecular weight is 645 g/mol. The standard InChI is InChI=1S/C45H28N2OS/c1-2-9-29(10-3-1)30-17-22-33(23-18-30)47(35-27-41-43(46-28-35)40-26-21-31-11-4-5-12-36(31)44(40)48-41)34-24-19-32(20-25-34)37-14-8-15-39-38-13-6-7-16-42(38)49-45(37)39/h1-28H. The fourth-order valence-electron chi connectivity index (χ4n) is 7.13. The predicted molar refractivity (Wildman–Crippen MR) is 207 cm³/mol. The topological polar surface area (TPSA) is 29.3 Å². The van der Waals surface area contributed by atoms with Crippen LogP contribution in [0.3, 0.4) is 0 Å². The molecule has 0 spiro atoms. The second kappa shape index (κ2) is 11.2. The van der Waals surface area contributed by atoms with E-state index in [-0.39, 0.29) is 0 Å². The highest BCUT2D eigenvalue weighted by Crippen LogP contribution is 2.42. The molecule has 0 fully saturated rings. The summed E-state index contributed by atoms with van der Waals surface area (Å²) < 4.78 is 9.19. The smallest absolute Gasteiger partial charge is 0.155 e. The number of furan rings is 1. The molecule has 0 aliphatic heterocycles. The third kappa shape index (κ3) is 4.61. The molecule has 0 unspecified atom stereocenters. The van der Waals surface area contributed by atoms with Gasteiger partial charge in [-0.15, -0.1) is 11.3 Å². The molecule has 0 aliphatic rings. The van der Waals surface area contributed by atoms with Crippen LogP contribution in [0.5, 0.6) is 0 Å². The molecule has 3 heterocycles. The maximum Gasteiger partial charge on any atom is 0.155 e. The van der Waals surface area contributed by atoms with Gasteiger partial charge < -0.3 is 9.32 Å². The Bertz CT molecular complexity index is 2810. The Kier molecular flexibility index (Phi) is 6.36. The zero-order chi connectivity index (χ0) is 32.3. The van der Waals surface area contributed by atoms with E-state index in [9.17, 15) is 0 Å². The number of benzene rings is 7. The Hall–Kier alpha value is -6.23. The minimum Gasteiger partial charge on any atom is -0.454 e. The van der Waals surface area contributed by atoms with Crippen LogP contribution in [0, 0.1) is 0 Å². The van der Waals surface area contributed by atoms with Crippen molar-refractivity contribution >= 4 is 81.4 Å². The number of hydrogen-bond donors (Lipinski definition) is 0. The van der Waals surface area contributed by atoms with Crippen molar-refractivity contribution in [2.24, 2.45) is 0 Å². The molecule has 0 saturated heterocycles. The van der Waals surface area contributed by atoms with Gasteiger partial charge >= 0.3 is 0 Å². The summed E-state index contributed by atoms with van der Waals surface area (Å²) in [6, 6.07) is 58.2. The van der Waals surface area contributed by atoms with Gasteiger partial charge in [-0.3, -0.25) is 0 Å². The summed E-state index contributed by atoms with van der Waals surface area (Å²) in [4.78, 5) is 7.26. The lowest BCUT2D eigenvalue weighted by atomic mass is 10.0. The molecule has 0 radical (unpaired) electrons. The van der Waals surface area contributed by atoms with Crippen LogP contribution in [0.1, 0.15) is 0 Å². The summed E-state index contributed by atoms with van der Waals surface area (Å²) in [6.07, 6.45) is 1.96. The number of anilines is 3. The van der Waals surface area contributed by atoms with E-state index in [4.69, 9.17) is 9.40 Å². The molecule has 0 amide bonds. The molecule has 10 rings (SSSR count). The second-order valence-electron chi connectivity index (χ2n) is 12.4. The van der Waals surface area contributed by atoms with E-state index in [1.165, 1.54) is 42.4 Å². The van der Waals surface area contributed by atoms with Gasteiger partial charge in [0.1, 0.15) is 11.1 Å². The van der Waals surface area contributed by atoms with Gasteiger partial charge in [-0.2, -0.15) is 0 Å². The van der Waals surface area contributed by atoms with E-state index >= 15 is 0 Å². The molecule has 0 bridgehead atoms. The van der Waals surface area contributed by atoms with E-state index in [0.29, 0.717) is 0 Å². The molecule has 0 saturated carbocycles. The van der Waals surface area contributed by atoms with Gasteiger partial charge in [0, 0.05) is 48.4 Å². The highest BCUT2D eigenvalue weighted by molar-refractivity contribution is 7.26. The van der Waals surface area contributed by atoms with Gasteiger partial charge in [0.2, 0.25) is 0 Å². The van der Waals surface area contributed by atoms with Crippen molar-refractivity contribution in [3.05, 3.63) is 170 Å². The lowest BCUT2D eigenvalue weighted by molar-refractivity contribution is 0.672. The van der Waals surface area contributed by atoms with Crippen LogP contribution in [-0.4, -0.2) is 4.98 Å². The van der Waals surface area contributed by atoms with E-state index < -0.39 is 0 Å². The Morgan fingerprint density at radius 3 is 1.98 bits per heavy atom. The molecule has 3 aromatic heterocycles. The number of aromatic nitrogens is 1. The van der Waals surface area contributed by atoms with Crippen molar-refractivity contribution in [2.45, 2.75) is 0 Å². The number of fused-ring (bicyclic) bond motifs is 8. The third-order valence-electron chi connectivity index (χ3n) is 9.52. The zero-order valence-corrected chi connectivity index (χ0v) is 27.2. The van der Waals surface area contributed by atoms with Crippen molar-refractivity contribution in [3.63, 3.8) is 0 Å². The first-order valence-electron chi connectivity index (χ1n) is 16.4. The Labute approximate surface area is 286 Å². The largest absolute Gasteiger partial charge is 0.454 e. The van der Waals surface area contributed by atoms with Crippen molar-refractivity contribution in [1.82, 2.24) is 4.98 Å². The fourth-order valence-corrected chi connectivity index (χ4v) is 8.37. The number of hydrogen-bond acceptors (Lipinski definition) is 4. The molecule has 230 valence electrons. The predicted octanol–water partition coefficient (Wildman–Crippen LogP) is 13.3. The molecule has 4 heteroatoms. The quantitative estimate of drug-likeness (QED) is 0.187. The summed E-state index contributed by atoms with van der Waals surface area (Å²) in [7, 11) is 0. The highest BCUT2D eigenvalue weighted by atomic mass is 32.1. The second-order valence-corrected chi connectivity index (χ2v) is 13.4. The van der Waals surface area contributed by atoms with Crippen LogP contribution in [-0.2, 0) is 0 Å². The lowest BCUT2D eigenvalue weighted by Crippen LogP contribution is -2.10. The van der Waals surface area contributed by atoms with Crippen molar-refractivity contribution in [1.29, 1.82) is 0 Å². The van der Waals surface area contributed by atoms with Crippen LogP contribution in [0.15, 0.2) is 174 Å². The summed E-state index contributed by atoms with van der Waals surface area (Å²) in [5.41, 5.74) is 10.3. The maximum absolute atomic E-state index is 6.56. The van der Waals surface area contributed by atoms with Gasteiger partial charge in [0.25, 0.3) is 0 Å². The Morgan fingerprint density at radius 1 is 0.490 bits per heavy atom. The first-order valence-corrected chi connectivity index (χ1v) is 17.3. The first-order chi connectivity index (χ1) is 24.3. The Balaban J connectivity index is 1.11. The normalized spacial score (nSPS) is 11.7. The molecule has 10 aromatic rings. The monoisotopic (exact) mass is 644 g/mol. The number of thiophene rings is 1. The van der Waals surface area contributed by atoms with Gasteiger partial charge in [0.05, 0.1) is 11.9 Å². The SMILES string of the molecule is c1ccc(-c2ccc(N(c3ccc(-c4cccc5c4sc4ccccc45)cc3)c3cnc4c(c3)oc3c5ccccc5ccc43)cc2)cc1.